The Morgan fingerprint density at radius 3 is 2.71 bits per heavy atom. The molecule has 2 amide bonds. The standard InChI is InChI=1S/C20H20N4O2S2/c21-15-11-8-9-4-1-2-6-12(9)23-19(11)28-16(15)18(26)24-20-14(17(22)25)10-5-3-7-13(10)27-20/h8H,1-7,21H2,(H2,22,25)(H,24,26). The van der Waals surface area contributed by atoms with E-state index in [1.54, 1.807) is 0 Å². The Labute approximate surface area is 169 Å². The van der Waals surface area contributed by atoms with E-state index in [-0.39, 0.29) is 5.91 Å². The van der Waals surface area contributed by atoms with Crippen LogP contribution in [0.1, 0.15) is 61.0 Å². The van der Waals surface area contributed by atoms with Gasteiger partial charge >= 0.3 is 0 Å². The Balaban J connectivity index is 1.52. The zero-order valence-electron chi connectivity index (χ0n) is 15.3. The van der Waals surface area contributed by atoms with Gasteiger partial charge in [-0.1, -0.05) is 0 Å². The van der Waals surface area contributed by atoms with E-state index in [1.807, 2.05) is 0 Å². The molecule has 0 saturated carbocycles. The fraction of sp³-hybridized carbons (Fsp3) is 0.350. The monoisotopic (exact) mass is 412 g/mol. The molecule has 28 heavy (non-hydrogen) atoms. The van der Waals surface area contributed by atoms with Gasteiger partial charge in [-0.25, -0.2) is 4.98 Å². The molecule has 0 aromatic carbocycles. The van der Waals surface area contributed by atoms with Crippen molar-refractivity contribution in [1.82, 2.24) is 4.98 Å². The molecular formula is C20H20N4O2S2. The number of rotatable bonds is 3. The van der Waals surface area contributed by atoms with Crippen LogP contribution in [0, 0.1) is 0 Å². The molecule has 3 aromatic rings. The van der Waals surface area contributed by atoms with Gasteiger partial charge in [0, 0.05) is 16.0 Å². The molecule has 3 aromatic heterocycles. The van der Waals surface area contributed by atoms with Crippen molar-refractivity contribution >= 4 is 55.4 Å². The largest absolute Gasteiger partial charge is 0.397 e. The molecular weight excluding hydrogens is 392 g/mol. The van der Waals surface area contributed by atoms with Crippen molar-refractivity contribution in [3.63, 3.8) is 0 Å². The Hall–Kier alpha value is -2.45. The second-order valence-corrected chi connectivity index (χ2v) is 9.48. The van der Waals surface area contributed by atoms with E-state index in [1.165, 1.54) is 28.2 Å². The predicted molar refractivity (Wildman–Crippen MR) is 113 cm³/mol. The van der Waals surface area contributed by atoms with E-state index in [0.717, 1.165) is 71.3 Å². The van der Waals surface area contributed by atoms with Gasteiger partial charge in [-0.2, -0.15) is 0 Å². The summed E-state index contributed by atoms with van der Waals surface area (Å²) in [5.41, 5.74) is 16.2. The van der Waals surface area contributed by atoms with E-state index in [2.05, 4.69) is 11.4 Å². The first-order valence-electron chi connectivity index (χ1n) is 9.49. The number of hydrogen-bond donors (Lipinski definition) is 3. The lowest BCUT2D eigenvalue weighted by Crippen LogP contribution is -2.17. The van der Waals surface area contributed by atoms with Crippen molar-refractivity contribution in [2.24, 2.45) is 5.73 Å². The number of anilines is 2. The lowest BCUT2D eigenvalue weighted by atomic mass is 9.95. The van der Waals surface area contributed by atoms with E-state index in [4.69, 9.17) is 16.5 Å². The fourth-order valence-corrected chi connectivity index (χ4v) is 6.52. The number of amides is 2. The van der Waals surface area contributed by atoms with Crippen LogP contribution in [0.5, 0.6) is 0 Å². The number of nitrogens with two attached hydrogens (primary N) is 2. The van der Waals surface area contributed by atoms with Gasteiger partial charge in [-0.15, -0.1) is 22.7 Å². The molecule has 0 unspecified atom stereocenters. The van der Waals surface area contributed by atoms with Crippen molar-refractivity contribution in [2.45, 2.75) is 44.9 Å². The quantitative estimate of drug-likeness (QED) is 0.609. The molecule has 0 atom stereocenters. The second kappa shape index (κ2) is 6.56. The minimum atomic E-state index is -0.492. The summed E-state index contributed by atoms with van der Waals surface area (Å²) in [6, 6.07) is 2.09. The van der Waals surface area contributed by atoms with Crippen molar-refractivity contribution in [3.8, 4) is 0 Å². The van der Waals surface area contributed by atoms with Crippen LogP contribution in [0.2, 0.25) is 0 Å². The number of aryl methyl sites for hydroxylation is 3. The Morgan fingerprint density at radius 2 is 1.89 bits per heavy atom. The number of hydrogen-bond acceptors (Lipinski definition) is 6. The van der Waals surface area contributed by atoms with Crippen LogP contribution >= 0.6 is 22.7 Å². The molecule has 5 N–H and O–H groups in total. The normalized spacial score (nSPS) is 15.4. The molecule has 144 valence electrons. The topological polar surface area (TPSA) is 111 Å². The third-order valence-corrected chi connectivity index (χ3v) is 7.92. The molecule has 5 rings (SSSR count). The van der Waals surface area contributed by atoms with Gasteiger partial charge < -0.3 is 16.8 Å². The first-order valence-corrected chi connectivity index (χ1v) is 11.1. The average Bonchev–Trinajstić information content (AvgIpc) is 3.33. The fourth-order valence-electron chi connectivity index (χ4n) is 4.24. The second-order valence-electron chi connectivity index (χ2n) is 7.38. The number of fused-ring (bicyclic) bond motifs is 3. The van der Waals surface area contributed by atoms with Crippen molar-refractivity contribution in [1.29, 1.82) is 0 Å². The molecule has 0 saturated heterocycles. The highest BCUT2D eigenvalue weighted by molar-refractivity contribution is 7.21. The summed E-state index contributed by atoms with van der Waals surface area (Å²) in [5, 5.41) is 4.27. The highest BCUT2D eigenvalue weighted by Crippen LogP contribution is 2.40. The number of nitrogen functional groups attached to an aromatic ring is 1. The highest BCUT2D eigenvalue weighted by Gasteiger charge is 2.27. The molecule has 2 aliphatic carbocycles. The first-order chi connectivity index (χ1) is 13.5. The van der Waals surface area contributed by atoms with Crippen LogP contribution in [-0.4, -0.2) is 16.8 Å². The van der Waals surface area contributed by atoms with Gasteiger partial charge in [0.2, 0.25) is 0 Å². The minimum Gasteiger partial charge on any atom is -0.397 e. The minimum absolute atomic E-state index is 0.305. The van der Waals surface area contributed by atoms with Crippen LogP contribution in [0.3, 0.4) is 0 Å². The molecule has 6 nitrogen and oxygen atoms in total. The van der Waals surface area contributed by atoms with Crippen LogP contribution in [-0.2, 0) is 25.7 Å². The van der Waals surface area contributed by atoms with Crippen molar-refractivity contribution in [2.75, 3.05) is 11.1 Å². The Morgan fingerprint density at radius 1 is 1.07 bits per heavy atom. The maximum Gasteiger partial charge on any atom is 0.268 e. The zero-order chi connectivity index (χ0) is 19.4. The van der Waals surface area contributed by atoms with E-state index in [9.17, 15) is 9.59 Å². The number of carbonyl (C=O) groups excluding carboxylic acids is 2. The van der Waals surface area contributed by atoms with Crippen LogP contribution < -0.4 is 16.8 Å². The lowest BCUT2D eigenvalue weighted by molar-refractivity contribution is 0.100. The molecule has 0 bridgehead atoms. The van der Waals surface area contributed by atoms with Crippen LogP contribution in [0.25, 0.3) is 10.2 Å². The molecule has 0 fully saturated rings. The summed E-state index contributed by atoms with van der Waals surface area (Å²) in [5.74, 6) is -0.797. The van der Waals surface area contributed by atoms with Crippen LogP contribution in [0.4, 0.5) is 10.7 Å². The van der Waals surface area contributed by atoms with Crippen LogP contribution in [0.15, 0.2) is 6.07 Å². The van der Waals surface area contributed by atoms with Gasteiger partial charge in [0.05, 0.1) is 11.3 Å². The number of pyridine rings is 1. The first kappa shape index (κ1) is 17.6. The molecule has 8 heteroatoms. The SMILES string of the molecule is NC(=O)c1c(NC(=O)c2sc3nc4c(cc3c2N)CCCC4)sc2c1CCC2. The van der Waals surface area contributed by atoms with Crippen molar-refractivity contribution < 1.29 is 9.59 Å². The molecule has 0 radical (unpaired) electrons. The summed E-state index contributed by atoms with van der Waals surface area (Å²) in [4.78, 5) is 32.1. The van der Waals surface area contributed by atoms with Gasteiger partial charge in [-0.3, -0.25) is 9.59 Å². The predicted octanol–water partition coefficient (Wildman–Crippen LogP) is 3.66. The smallest absolute Gasteiger partial charge is 0.268 e. The summed E-state index contributed by atoms with van der Waals surface area (Å²) in [6.45, 7) is 0. The number of primary amides is 1. The van der Waals surface area contributed by atoms with Gasteiger partial charge in [0.1, 0.15) is 14.7 Å². The molecule has 0 spiro atoms. The van der Waals surface area contributed by atoms with E-state index < -0.39 is 5.91 Å². The zero-order valence-corrected chi connectivity index (χ0v) is 16.9. The average molecular weight is 413 g/mol. The number of carbonyl (C=O) groups is 2. The van der Waals surface area contributed by atoms with Crippen molar-refractivity contribution in [3.05, 3.63) is 38.2 Å². The number of nitrogens with one attached hydrogen (secondary N) is 1. The highest BCUT2D eigenvalue weighted by atomic mass is 32.1. The number of nitrogens with zero attached hydrogens (tertiary/aromatic N) is 1. The molecule has 0 aliphatic heterocycles. The summed E-state index contributed by atoms with van der Waals surface area (Å²) < 4.78 is 0. The molecule has 2 aliphatic rings. The Kier molecular flexibility index (Phi) is 4.13. The number of thiophene rings is 2. The lowest BCUT2D eigenvalue weighted by Gasteiger charge is -2.14. The van der Waals surface area contributed by atoms with E-state index in [0.29, 0.717) is 21.1 Å². The summed E-state index contributed by atoms with van der Waals surface area (Å²) >= 11 is 2.76. The van der Waals surface area contributed by atoms with Gasteiger partial charge in [0.25, 0.3) is 11.8 Å². The molecule has 3 heterocycles. The van der Waals surface area contributed by atoms with Gasteiger partial charge in [-0.05, 0) is 62.1 Å². The maximum atomic E-state index is 13.0. The maximum absolute atomic E-state index is 13.0. The summed E-state index contributed by atoms with van der Waals surface area (Å²) in [6.07, 6.45) is 7.09. The van der Waals surface area contributed by atoms with Gasteiger partial charge in [0.15, 0.2) is 0 Å². The Bertz CT molecular complexity index is 1150. The summed E-state index contributed by atoms with van der Waals surface area (Å²) in [7, 11) is 0. The number of aromatic nitrogens is 1. The third-order valence-electron chi connectivity index (χ3n) is 5.60. The van der Waals surface area contributed by atoms with E-state index >= 15 is 0 Å². The third kappa shape index (κ3) is 2.70.